The quantitative estimate of drug-likeness (QED) is 0.848. The Hall–Kier alpha value is -2.01. The number of benzene rings is 1. The van der Waals surface area contributed by atoms with Crippen LogP contribution in [0.3, 0.4) is 0 Å². The number of aryl methyl sites for hydroxylation is 1. The van der Waals surface area contributed by atoms with Gasteiger partial charge in [-0.15, -0.1) is 11.3 Å². The minimum atomic E-state index is 0.0601. The Morgan fingerprint density at radius 1 is 1.26 bits per heavy atom. The summed E-state index contributed by atoms with van der Waals surface area (Å²) >= 11 is 1.52. The molecule has 3 rings (SSSR count). The highest BCUT2D eigenvalue weighted by molar-refractivity contribution is 7.12. The number of hydrogen-bond donors (Lipinski definition) is 0. The van der Waals surface area contributed by atoms with Crippen molar-refractivity contribution in [2.75, 3.05) is 20.8 Å². The third-order valence-corrected chi connectivity index (χ3v) is 5.37. The van der Waals surface area contributed by atoms with E-state index < -0.39 is 0 Å². The predicted molar refractivity (Wildman–Crippen MR) is 91.6 cm³/mol. The summed E-state index contributed by atoms with van der Waals surface area (Å²) < 4.78 is 10.8. The molecule has 5 heteroatoms. The van der Waals surface area contributed by atoms with E-state index in [4.69, 9.17) is 9.47 Å². The van der Waals surface area contributed by atoms with Gasteiger partial charge >= 0.3 is 0 Å². The molecule has 1 aliphatic rings. The monoisotopic (exact) mass is 331 g/mol. The standard InChI is InChI=1S/C18H21NO3S/c1-12-8-10-23-17(12)18(20)19-9-4-5-15(19)14-7-6-13(21-2)11-16(14)22-3/h6-8,10-11,15H,4-5,9H2,1-3H3/t15-/m1/s1. The van der Waals surface area contributed by atoms with E-state index in [-0.39, 0.29) is 11.9 Å². The van der Waals surface area contributed by atoms with E-state index in [0.29, 0.717) is 0 Å². The molecule has 0 unspecified atom stereocenters. The van der Waals surface area contributed by atoms with Crippen LogP contribution >= 0.6 is 11.3 Å². The number of carbonyl (C=O) groups is 1. The minimum Gasteiger partial charge on any atom is -0.497 e. The summed E-state index contributed by atoms with van der Waals surface area (Å²) in [6.45, 7) is 2.78. The Labute approximate surface area is 140 Å². The van der Waals surface area contributed by atoms with E-state index in [2.05, 4.69) is 0 Å². The van der Waals surface area contributed by atoms with Gasteiger partial charge < -0.3 is 14.4 Å². The van der Waals surface area contributed by atoms with E-state index in [1.54, 1.807) is 14.2 Å². The number of thiophene rings is 1. The van der Waals surface area contributed by atoms with Crippen LogP contribution in [0.25, 0.3) is 0 Å². The van der Waals surface area contributed by atoms with Gasteiger partial charge in [-0.3, -0.25) is 4.79 Å². The van der Waals surface area contributed by atoms with Crippen LogP contribution in [0.15, 0.2) is 29.6 Å². The van der Waals surface area contributed by atoms with Crippen LogP contribution in [0.4, 0.5) is 0 Å². The van der Waals surface area contributed by atoms with E-state index in [0.717, 1.165) is 46.9 Å². The lowest BCUT2D eigenvalue weighted by molar-refractivity contribution is 0.0738. The number of ether oxygens (including phenoxy) is 2. The van der Waals surface area contributed by atoms with E-state index in [9.17, 15) is 4.79 Å². The highest BCUT2D eigenvalue weighted by Crippen LogP contribution is 2.39. The Morgan fingerprint density at radius 3 is 2.74 bits per heavy atom. The molecule has 1 amide bonds. The topological polar surface area (TPSA) is 38.8 Å². The van der Waals surface area contributed by atoms with Crippen molar-refractivity contribution in [3.8, 4) is 11.5 Å². The van der Waals surface area contributed by atoms with Crippen molar-refractivity contribution >= 4 is 17.2 Å². The maximum atomic E-state index is 12.9. The molecule has 1 fully saturated rings. The number of carbonyl (C=O) groups excluding carboxylic acids is 1. The average molecular weight is 331 g/mol. The molecule has 1 atom stereocenters. The number of amides is 1. The van der Waals surface area contributed by atoms with Crippen molar-refractivity contribution in [3.05, 3.63) is 45.6 Å². The second-order valence-corrected chi connectivity index (χ2v) is 6.61. The van der Waals surface area contributed by atoms with Gasteiger partial charge in [0.05, 0.1) is 25.1 Å². The molecule has 0 aliphatic carbocycles. The molecule has 0 spiro atoms. The maximum Gasteiger partial charge on any atom is 0.264 e. The van der Waals surface area contributed by atoms with Gasteiger partial charge in [-0.1, -0.05) is 0 Å². The summed E-state index contributed by atoms with van der Waals surface area (Å²) in [5, 5.41) is 1.97. The fourth-order valence-corrected chi connectivity index (χ4v) is 4.03. The molecule has 1 saturated heterocycles. The molecule has 0 radical (unpaired) electrons. The number of hydrogen-bond acceptors (Lipinski definition) is 4. The molecular formula is C18H21NO3S. The van der Waals surface area contributed by atoms with E-state index in [1.165, 1.54) is 11.3 Å². The summed E-state index contributed by atoms with van der Waals surface area (Å²) in [4.78, 5) is 15.7. The summed E-state index contributed by atoms with van der Waals surface area (Å²) in [7, 11) is 3.29. The van der Waals surface area contributed by atoms with Gasteiger partial charge in [-0.05, 0) is 48.9 Å². The van der Waals surface area contributed by atoms with E-state index >= 15 is 0 Å². The molecule has 0 N–H and O–H groups in total. The molecule has 1 aromatic carbocycles. The van der Waals surface area contributed by atoms with Gasteiger partial charge in [0, 0.05) is 18.2 Å². The normalized spacial score (nSPS) is 17.3. The molecule has 1 aliphatic heterocycles. The lowest BCUT2D eigenvalue weighted by atomic mass is 10.0. The zero-order valence-electron chi connectivity index (χ0n) is 13.7. The van der Waals surface area contributed by atoms with Crippen LogP contribution in [0.1, 0.15) is 39.7 Å². The highest BCUT2D eigenvalue weighted by Gasteiger charge is 2.33. The van der Waals surface area contributed by atoms with Crippen molar-refractivity contribution in [1.82, 2.24) is 4.90 Å². The molecule has 23 heavy (non-hydrogen) atoms. The second-order valence-electron chi connectivity index (χ2n) is 5.70. The third kappa shape index (κ3) is 2.93. The summed E-state index contributed by atoms with van der Waals surface area (Å²) in [5.41, 5.74) is 2.10. The molecule has 1 aromatic heterocycles. The van der Waals surface area contributed by atoms with Crippen LogP contribution < -0.4 is 9.47 Å². The first-order valence-electron chi connectivity index (χ1n) is 7.72. The summed E-state index contributed by atoms with van der Waals surface area (Å²) in [6.07, 6.45) is 1.97. The maximum absolute atomic E-state index is 12.9. The van der Waals surface area contributed by atoms with E-state index in [1.807, 2.05) is 41.5 Å². The molecule has 0 saturated carbocycles. The Morgan fingerprint density at radius 2 is 2.09 bits per heavy atom. The lowest BCUT2D eigenvalue weighted by Gasteiger charge is -2.26. The van der Waals surface area contributed by atoms with Gasteiger partial charge in [0.25, 0.3) is 5.91 Å². The highest BCUT2D eigenvalue weighted by atomic mass is 32.1. The molecular weight excluding hydrogens is 310 g/mol. The zero-order chi connectivity index (χ0) is 16.4. The van der Waals surface area contributed by atoms with Crippen molar-refractivity contribution < 1.29 is 14.3 Å². The molecule has 2 aromatic rings. The van der Waals surface area contributed by atoms with Gasteiger partial charge in [0.2, 0.25) is 0 Å². The van der Waals surface area contributed by atoms with Crippen LogP contribution in [0.5, 0.6) is 11.5 Å². The molecule has 4 nitrogen and oxygen atoms in total. The first-order valence-corrected chi connectivity index (χ1v) is 8.60. The largest absolute Gasteiger partial charge is 0.497 e. The van der Waals surface area contributed by atoms with Gasteiger partial charge in [0.1, 0.15) is 11.5 Å². The Kier molecular flexibility index (Phi) is 4.57. The zero-order valence-corrected chi connectivity index (χ0v) is 14.5. The van der Waals surface area contributed by atoms with Crippen LogP contribution in [0, 0.1) is 6.92 Å². The van der Waals surface area contributed by atoms with Crippen LogP contribution in [-0.2, 0) is 0 Å². The average Bonchev–Trinajstić information content (AvgIpc) is 3.22. The van der Waals surface area contributed by atoms with Gasteiger partial charge in [0.15, 0.2) is 0 Å². The van der Waals surface area contributed by atoms with Crippen LogP contribution in [0.2, 0.25) is 0 Å². The van der Waals surface area contributed by atoms with Crippen molar-refractivity contribution in [3.63, 3.8) is 0 Å². The number of rotatable bonds is 4. The Bertz CT molecular complexity index is 710. The van der Waals surface area contributed by atoms with Crippen LogP contribution in [-0.4, -0.2) is 31.6 Å². The first-order chi connectivity index (χ1) is 11.2. The smallest absolute Gasteiger partial charge is 0.264 e. The lowest BCUT2D eigenvalue weighted by Crippen LogP contribution is -2.30. The number of nitrogens with zero attached hydrogens (tertiary/aromatic N) is 1. The van der Waals surface area contributed by atoms with Crippen molar-refractivity contribution in [1.29, 1.82) is 0 Å². The second kappa shape index (κ2) is 6.62. The molecule has 122 valence electrons. The fraction of sp³-hybridized carbons (Fsp3) is 0.389. The fourth-order valence-electron chi connectivity index (χ4n) is 3.15. The molecule has 2 heterocycles. The Balaban J connectivity index is 1.93. The molecule has 0 bridgehead atoms. The SMILES string of the molecule is COc1ccc([C@H]2CCCN2C(=O)c2sccc2C)c(OC)c1. The minimum absolute atomic E-state index is 0.0601. The van der Waals surface area contributed by atoms with Gasteiger partial charge in [-0.25, -0.2) is 0 Å². The summed E-state index contributed by atoms with van der Waals surface area (Å²) in [6, 6.07) is 7.87. The summed E-state index contributed by atoms with van der Waals surface area (Å²) in [5.74, 6) is 1.66. The van der Waals surface area contributed by atoms with Gasteiger partial charge in [-0.2, -0.15) is 0 Å². The third-order valence-electron chi connectivity index (χ3n) is 4.37. The predicted octanol–water partition coefficient (Wildman–Crippen LogP) is 4.05. The number of methoxy groups -OCH3 is 2. The number of likely N-dealkylation sites (tertiary alicyclic amines) is 1. The van der Waals surface area contributed by atoms with Crippen molar-refractivity contribution in [2.45, 2.75) is 25.8 Å². The van der Waals surface area contributed by atoms with Crippen molar-refractivity contribution in [2.24, 2.45) is 0 Å². The first kappa shape index (κ1) is 15.9.